The lowest BCUT2D eigenvalue weighted by atomic mass is 10.0. The molecule has 4 aromatic rings. The Balaban J connectivity index is 1.49. The number of carbonyl (C=O) groups is 1. The van der Waals surface area contributed by atoms with Crippen molar-refractivity contribution in [3.8, 4) is 0 Å². The summed E-state index contributed by atoms with van der Waals surface area (Å²) in [6.45, 7) is 4.87. The van der Waals surface area contributed by atoms with E-state index in [1.54, 1.807) is 6.21 Å². The maximum absolute atomic E-state index is 12.3. The van der Waals surface area contributed by atoms with Gasteiger partial charge in [-0.05, 0) is 36.6 Å². The summed E-state index contributed by atoms with van der Waals surface area (Å²) in [5.41, 5.74) is 9.37. The van der Waals surface area contributed by atoms with E-state index in [2.05, 4.69) is 70.7 Å². The Bertz CT molecular complexity index is 1210. The smallest absolute Gasteiger partial charge is 0.244 e. The van der Waals surface area contributed by atoms with Crippen LogP contribution in [-0.2, 0) is 17.8 Å². The van der Waals surface area contributed by atoms with Gasteiger partial charge in [0.2, 0.25) is 5.91 Å². The molecule has 3 aromatic carbocycles. The second kappa shape index (κ2) is 8.78. The molecule has 0 aliphatic carbocycles. The first kappa shape index (κ1) is 19.6. The number of aryl methyl sites for hydroxylation is 2. The van der Waals surface area contributed by atoms with Gasteiger partial charge in [-0.15, -0.1) is 0 Å². The Kier molecular flexibility index (Phi) is 5.75. The van der Waals surface area contributed by atoms with Crippen LogP contribution >= 0.6 is 0 Å². The van der Waals surface area contributed by atoms with Gasteiger partial charge in [0.1, 0.15) is 0 Å². The van der Waals surface area contributed by atoms with Crippen LogP contribution in [0.25, 0.3) is 10.9 Å². The first-order chi connectivity index (χ1) is 14.6. The predicted molar refractivity (Wildman–Crippen MR) is 123 cm³/mol. The molecule has 4 heteroatoms. The molecule has 0 spiro atoms. The number of amides is 1. The fourth-order valence-corrected chi connectivity index (χ4v) is 3.72. The minimum atomic E-state index is -0.119. The third-order valence-corrected chi connectivity index (χ3v) is 5.26. The van der Waals surface area contributed by atoms with E-state index >= 15 is 0 Å². The molecule has 4 nitrogen and oxygen atoms in total. The summed E-state index contributed by atoms with van der Waals surface area (Å²) in [4.78, 5) is 12.3. The van der Waals surface area contributed by atoms with Crippen LogP contribution in [0.2, 0.25) is 0 Å². The summed E-state index contributed by atoms with van der Waals surface area (Å²) in [6.07, 6.45) is 4.13. The van der Waals surface area contributed by atoms with Gasteiger partial charge in [-0.2, -0.15) is 5.10 Å². The normalized spacial score (nSPS) is 11.3. The van der Waals surface area contributed by atoms with Gasteiger partial charge in [0.25, 0.3) is 0 Å². The van der Waals surface area contributed by atoms with Crippen LogP contribution in [0.3, 0.4) is 0 Å². The van der Waals surface area contributed by atoms with E-state index in [0.717, 1.165) is 34.1 Å². The molecular formula is C26H25N3O. The Labute approximate surface area is 176 Å². The molecule has 1 amide bonds. The van der Waals surface area contributed by atoms with Crippen LogP contribution in [-0.4, -0.2) is 16.7 Å². The molecule has 0 unspecified atom stereocenters. The number of nitrogens with one attached hydrogen (secondary N) is 1. The number of carbonyl (C=O) groups excluding carboxylic acids is 1. The minimum Gasteiger partial charge on any atom is -0.342 e. The fraction of sp³-hybridized carbons (Fsp3) is 0.154. The number of benzene rings is 3. The Morgan fingerprint density at radius 2 is 1.77 bits per heavy atom. The number of hydrazone groups is 1. The molecule has 150 valence electrons. The van der Waals surface area contributed by atoms with Gasteiger partial charge < -0.3 is 4.57 Å². The van der Waals surface area contributed by atoms with Gasteiger partial charge in [0, 0.05) is 29.2 Å². The maximum Gasteiger partial charge on any atom is 0.244 e. The van der Waals surface area contributed by atoms with Gasteiger partial charge in [-0.25, -0.2) is 5.43 Å². The van der Waals surface area contributed by atoms with Crippen molar-refractivity contribution in [1.82, 2.24) is 9.99 Å². The molecular weight excluding hydrogens is 370 g/mol. The number of nitrogens with zero attached hydrogens (tertiary/aromatic N) is 2. The summed E-state index contributed by atoms with van der Waals surface area (Å²) in [5, 5.41) is 5.33. The molecule has 0 fully saturated rings. The molecule has 0 atom stereocenters. The van der Waals surface area contributed by atoms with Crippen molar-refractivity contribution in [3.05, 3.63) is 107 Å². The molecule has 1 aromatic heterocycles. The molecule has 0 radical (unpaired) electrons. The summed E-state index contributed by atoms with van der Waals surface area (Å²) in [5.74, 6) is -0.119. The third kappa shape index (κ3) is 4.49. The quantitative estimate of drug-likeness (QED) is 0.362. The van der Waals surface area contributed by atoms with Crippen molar-refractivity contribution >= 4 is 23.0 Å². The van der Waals surface area contributed by atoms with Gasteiger partial charge in [0.15, 0.2) is 0 Å². The molecule has 0 bridgehead atoms. The lowest BCUT2D eigenvalue weighted by molar-refractivity contribution is -0.120. The second-order valence-electron chi connectivity index (χ2n) is 7.61. The molecule has 1 N–H and O–H groups in total. The van der Waals surface area contributed by atoms with Crippen LogP contribution in [0, 0.1) is 13.8 Å². The van der Waals surface area contributed by atoms with Crippen molar-refractivity contribution in [2.45, 2.75) is 26.8 Å². The van der Waals surface area contributed by atoms with E-state index in [4.69, 9.17) is 0 Å². The highest BCUT2D eigenvalue weighted by Crippen LogP contribution is 2.21. The van der Waals surface area contributed by atoms with Crippen LogP contribution in [0.1, 0.15) is 27.8 Å². The lowest BCUT2D eigenvalue weighted by Crippen LogP contribution is -2.20. The van der Waals surface area contributed by atoms with E-state index < -0.39 is 0 Å². The Morgan fingerprint density at radius 3 is 2.57 bits per heavy atom. The van der Waals surface area contributed by atoms with Crippen LogP contribution < -0.4 is 5.43 Å². The average molecular weight is 396 g/mol. The van der Waals surface area contributed by atoms with Crippen LogP contribution in [0.4, 0.5) is 0 Å². The first-order valence-corrected chi connectivity index (χ1v) is 10.1. The largest absolute Gasteiger partial charge is 0.342 e. The number of para-hydroxylation sites is 1. The Morgan fingerprint density at radius 1 is 1.00 bits per heavy atom. The molecule has 0 aliphatic rings. The highest BCUT2D eigenvalue weighted by atomic mass is 16.2. The standard InChI is InChI=1S/C26H25N3O/c1-19-12-13-22(20(2)14-19)15-26(30)28-27-16-23-18-29(17-21-8-4-3-5-9-21)25-11-7-6-10-24(23)25/h3-14,16,18H,15,17H2,1-2H3,(H,28,30)/b27-16+. The maximum atomic E-state index is 12.3. The highest BCUT2D eigenvalue weighted by molar-refractivity contribution is 5.99. The van der Waals surface area contributed by atoms with Gasteiger partial charge in [-0.1, -0.05) is 72.3 Å². The highest BCUT2D eigenvalue weighted by Gasteiger charge is 2.08. The molecule has 0 saturated carbocycles. The van der Waals surface area contributed by atoms with Crippen molar-refractivity contribution in [1.29, 1.82) is 0 Å². The number of hydrogen-bond donors (Lipinski definition) is 1. The summed E-state index contributed by atoms with van der Waals surface area (Å²) in [6, 6.07) is 24.7. The first-order valence-electron chi connectivity index (χ1n) is 10.1. The number of rotatable bonds is 6. The number of hydrogen-bond acceptors (Lipinski definition) is 2. The molecule has 0 aliphatic heterocycles. The van der Waals surface area contributed by atoms with Crippen LogP contribution in [0.15, 0.2) is 84.1 Å². The molecule has 1 heterocycles. The third-order valence-electron chi connectivity index (χ3n) is 5.26. The Hall–Kier alpha value is -3.66. The van der Waals surface area contributed by atoms with Crippen LogP contribution in [0.5, 0.6) is 0 Å². The average Bonchev–Trinajstić information content (AvgIpc) is 3.08. The van der Waals surface area contributed by atoms with E-state index in [1.807, 2.05) is 37.3 Å². The minimum absolute atomic E-state index is 0.119. The van der Waals surface area contributed by atoms with Crippen molar-refractivity contribution in [2.75, 3.05) is 0 Å². The zero-order chi connectivity index (χ0) is 20.9. The monoisotopic (exact) mass is 395 g/mol. The van der Waals surface area contributed by atoms with Gasteiger partial charge in [0.05, 0.1) is 12.6 Å². The van der Waals surface area contributed by atoms with Gasteiger partial charge >= 0.3 is 0 Å². The van der Waals surface area contributed by atoms with E-state index in [9.17, 15) is 4.79 Å². The SMILES string of the molecule is Cc1ccc(CC(=O)N/N=C/c2cn(Cc3ccccc3)c3ccccc23)c(C)c1. The molecule has 30 heavy (non-hydrogen) atoms. The van der Waals surface area contributed by atoms with E-state index in [0.29, 0.717) is 6.42 Å². The van der Waals surface area contributed by atoms with Crippen molar-refractivity contribution in [2.24, 2.45) is 5.10 Å². The lowest BCUT2D eigenvalue weighted by Gasteiger charge is -2.05. The van der Waals surface area contributed by atoms with E-state index in [1.165, 1.54) is 11.1 Å². The van der Waals surface area contributed by atoms with E-state index in [-0.39, 0.29) is 5.91 Å². The second-order valence-corrected chi connectivity index (χ2v) is 7.61. The number of aromatic nitrogens is 1. The van der Waals surface area contributed by atoms with Crippen molar-refractivity contribution < 1.29 is 4.79 Å². The predicted octanol–water partition coefficient (Wildman–Crippen LogP) is 5.00. The zero-order valence-corrected chi connectivity index (χ0v) is 17.3. The van der Waals surface area contributed by atoms with Gasteiger partial charge in [-0.3, -0.25) is 4.79 Å². The molecule has 0 saturated heterocycles. The summed E-state index contributed by atoms with van der Waals surface area (Å²) >= 11 is 0. The van der Waals surface area contributed by atoms with Crippen molar-refractivity contribution in [3.63, 3.8) is 0 Å². The topological polar surface area (TPSA) is 46.4 Å². The number of fused-ring (bicyclic) bond motifs is 1. The zero-order valence-electron chi connectivity index (χ0n) is 17.3. The summed E-state index contributed by atoms with van der Waals surface area (Å²) < 4.78 is 2.21. The summed E-state index contributed by atoms with van der Waals surface area (Å²) in [7, 11) is 0. The fourth-order valence-electron chi connectivity index (χ4n) is 3.72. The molecule has 4 rings (SSSR count).